The minimum Gasteiger partial charge on any atom is -0.283 e. The second-order valence-corrected chi connectivity index (χ2v) is 7.37. The molecule has 0 bridgehead atoms. The summed E-state index contributed by atoms with van der Waals surface area (Å²) in [5, 5.41) is 0. The van der Waals surface area contributed by atoms with Gasteiger partial charge < -0.3 is 0 Å². The van der Waals surface area contributed by atoms with Crippen LogP contribution in [0, 0.1) is 6.92 Å². The maximum absolute atomic E-state index is 12.1. The molecule has 0 amide bonds. The molecule has 0 saturated heterocycles. The first kappa shape index (κ1) is 15.1. The predicted molar refractivity (Wildman–Crippen MR) is 86.4 cm³/mol. The Kier molecular flexibility index (Phi) is 4.83. The number of nitrogens with one attached hydrogen (secondary N) is 1. The highest BCUT2D eigenvalue weighted by atomic mass is 79.9. The molecule has 2 aromatic rings. The number of halogens is 1. The van der Waals surface area contributed by atoms with Crippen molar-refractivity contribution < 1.29 is 8.42 Å². The summed E-state index contributed by atoms with van der Waals surface area (Å²) in [6.45, 7) is 1.88. The van der Waals surface area contributed by atoms with Crippen molar-refractivity contribution in [3.63, 3.8) is 0 Å². The molecule has 106 valence electrons. The lowest BCUT2D eigenvalue weighted by molar-refractivity contribution is 0.600. The second-order valence-electron chi connectivity index (χ2n) is 4.62. The van der Waals surface area contributed by atoms with E-state index in [2.05, 4.69) is 20.7 Å². The molecule has 1 N–H and O–H groups in total. The fraction of sp³-hybridized carbons (Fsp3) is 0.200. The number of hydrogen-bond acceptors (Lipinski definition) is 2. The third kappa shape index (κ3) is 4.35. The Morgan fingerprint density at radius 3 is 2.50 bits per heavy atom. The van der Waals surface area contributed by atoms with Crippen LogP contribution in [0.4, 0.5) is 5.69 Å². The van der Waals surface area contributed by atoms with E-state index >= 15 is 0 Å². The van der Waals surface area contributed by atoms with Gasteiger partial charge in [-0.15, -0.1) is 0 Å². The standard InChI is InChI=1S/C15H16BrNO2S/c1-12-7-8-14(16)11-15(12)17-20(18,19)10-9-13-5-3-2-4-6-13/h2-8,11,17H,9-10H2,1H3. The van der Waals surface area contributed by atoms with Crippen molar-refractivity contribution in [1.82, 2.24) is 0 Å². The molecule has 0 radical (unpaired) electrons. The van der Waals surface area contributed by atoms with Crippen LogP contribution < -0.4 is 4.72 Å². The Bertz CT molecular complexity index is 684. The maximum Gasteiger partial charge on any atom is 0.233 e. The number of benzene rings is 2. The first-order valence-corrected chi connectivity index (χ1v) is 8.71. The highest BCUT2D eigenvalue weighted by Gasteiger charge is 2.12. The van der Waals surface area contributed by atoms with Crippen molar-refractivity contribution >= 4 is 31.6 Å². The van der Waals surface area contributed by atoms with Crippen molar-refractivity contribution in [3.05, 3.63) is 64.1 Å². The van der Waals surface area contributed by atoms with E-state index in [1.807, 2.05) is 49.4 Å². The van der Waals surface area contributed by atoms with Crippen LogP contribution in [0.15, 0.2) is 53.0 Å². The molecule has 0 spiro atoms. The van der Waals surface area contributed by atoms with Crippen LogP contribution in [0.3, 0.4) is 0 Å². The van der Waals surface area contributed by atoms with Gasteiger partial charge in [-0.1, -0.05) is 52.3 Å². The van der Waals surface area contributed by atoms with Crippen LogP contribution >= 0.6 is 15.9 Å². The van der Waals surface area contributed by atoms with E-state index in [-0.39, 0.29) is 5.75 Å². The maximum atomic E-state index is 12.1. The molecule has 0 unspecified atom stereocenters. The molecule has 2 rings (SSSR count). The topological polar surface area (TPSA) is 46.2 Å². The van der Waals surface area contributed by atoms with Crippen molar-refractivity contribution in [2.24, 2.45) is 0 Å². The van der Waals surface area contributed by atoms with E-state index in [4.69, 9.17) is 0 Å². The minimum absolute atomic E-state index is 0.0724. The van der Waals surface area contributed by atoms with Crippen LogP contribution in [-0.4, -0.2) is 14.2 Å². The minimum atomic E-state index is -3.34. The number of hydrogen-bond donors (Lipinski definition) is 1. The van der Waals surface area contributed by atoms with Gasteiger partial charge in [0.25, 0.3) is 0 Å². The summed E-state index contributed by atoms with van der Waals surface area (Å²) in [4.78, 5) is 0. The molecule has 0 aliphatic carbocycles. The van der Waals surface area contributed by atoms with Gasteiger partial charge in [0.05, 0.1) is 11.4 Å². The molecule has 0 aliphatic heterocycles. The van der Waals surface area contributed by atoms with Gasteiger partial charge in [0.2, 0.25) is 10.0 Å². The zero-order valence-electron chi connectivity index (χ0n) is 11.1. The molecule has 0 heterocycles. The molecule has 2 aromatic carbocycles. The van der Waals surface area contributed by atoms with E-state index in [0.29, 0.717) is 12.1 Å². The molecule has 0 aliphatic rings. The van der Waals surface area contributed by atoms with E-state index in [9.17, 15) is 8.42 Å². The summed E-state index contributed by atoms with van der Waals surface area (Å²) in [5.41, 5.74) is 2.53. The first-order chi connectivity index (χ1) is 9.46. The average molecular weight is 354 g/mol. The number of anilines is 1. The molecule has 3 nitrogen and oxygen atoms in total. The zero-order valence-corrected chi connectivity index (χ0v) is 13.5. The molecular formula is C15H16BrNO2S. The molecule has 20 heavy (non-hydrogen) atoms. The average Bonchev–Trinajstić information content (AvgIpc) is 2.42. The Morgan fingerprint density at radius 2 is 1.80 bits per heavy atom. The smallest absolute Gasteiger partial charge is 0.233 e. The fourth-order valence-corrected chi connectivity index (χ4v) is 3.34. The van der Waals surface area contributed by atoms with Crippen LogP contribution in [0.5, 0.6) is 0 Å². The number of aryl methyl sites for hydroxylation is 2. The van der Waals surface area contributed by atoms with E-state index in [1.54, 1.807) is 6.07 Å². The Hall–Kier alpha value is -1.33. The molecule has 0 saturated carbocycles. The highest BCUT2D eigenvalue weighted by Crippen LogP contribution is 2.21. The fourth-order valence-electron chi connectivity index (χ4n) is 1.82. The van der Waals surface area contributed by atoms with Crippen LogP contribution in [0.1, 0.15) is 11.1 Å². The number of rotatable bonds is 5. The Balaban J connectivity index is 2.06. The second kappa shape index (κ2) is 6.41. The van der Waals surface area contributed by atoms with Gasteiger partial charge >= 0.3 is 0 Å². The van der Waals surface area contributed by atoms with Gasteiger partial charge in [0, 0.05) is 4.47 Å². The van der Waals surface area contributed by atoms with Crippen molar-refractivity contribution in [2.75, 3.05) is 10.5 Å². The lowest BCUT2D eigenvalue weighted by Crippen LogP contribution is -2.18. The number of sulfonamides is 1. The molecule has 0 atom stereocenters. The lowest BCUT2D eigenvalue weighted by atomic mass is 10.2. The summed E-state index contributed by atoms with van der Waals surface area (Å²) in [5.74, 6) is 0.0724. The molecule has 0 fully saturated rings. The van der Waals surface area contributed by atoms with Gasteiger partial charge in [0.1, 0.15) is 0 Å². The van der Waals surface area contributed by atoms with Gasteiger partial charge in [0.15, 0.2) is 0 Å². The summed E-state index contributed by atoms with van der Waals surface area (Å²) in [6.07, 6.45) is 0.503. The SMILES string of the molecule is Cc1ccc(Br)cc1NS(=O)(=O)CCc1ccccc1. The predicted octanol–water partition coefficient (Wildman–Crippen LogP) is 3.74. The van der Waals surface area contributed by atoms with E-state index in [1.165, 1.54) is 0 Å². The third-order valence-electron chi connectivity index (χ3n) is 2.97. The first-order valence-electron chi connectivity index (χ1n) is 6.27. The van der Waals surface area contributed by atoms with Crippen molar-refractivity contribution in [2.45, 2.75) is 13.3 Å². The normalized spacial score (nSPS) is 11.3. The summed E-state index contributed by atoms with van der Waals surface area (Å²) < 4.78 is 27.7. The highest BCUT2D eigenvalue weighted by molar-refractivity contribution is 9.10. The van der Waals surface area contributed by atoms with Gasteiger partial charge in [-0.25, -0.2) is 8.42 Å². The van der Waals surface area contributed by atoms with Crippen LogP contribution in [0.25, 0.3) is 0 Å². The zero-order chi connectivity index (χ0) is 14.6. The van der Waals surface area contributed by atoms with Crippen LogP contribution in [0.2, 0.25) is 0 Å². The molecule has 0 aromatic heterocycles. The molecular weight excluding hydrogens is 338 g/mol. The van der Waals surface area contributed by atoms with E-state index < -0.39 is 10.0 Å². The lowest BCUT2D eigenvalue weighted by Gasteiger charge is -2.11. The van der Waals surface area contributed by atoms with Crippen molar-refractivity contribution in [1.29, 1.82) is 0 Å². The molecule has 5 heteroatoms. The Morgan fingerprint density at radius 1 is 1.10 bits per heavy atom. The van der Waals surface area contributed by atoms with E-state index in [0.717, 1.165) is 15.6 Å². The van der Waals surface area contributed by atoms with Crippen molar-refractivity contribution in [3.8, 4) is 0 Å². The Labute approximate surface area is 128 Å². The van der Waals surface area contributed by atoms with Gasteiger partial charge in [-0.3, -0.25) is 4.72 Å². The van der Waals surface area contributed by atoms with Crippen LogP contribution in [-0.2, 0) is 16.4 Å². The summed E-state index contributed by atoms with van der Waals surface area (Å²) in [7, 11) is -3.34. The third-order valence-corrected chi connectivity index (χ3v) is 4.73. The summed E-state index contributed by atoms with van der Waals surface area (Å²) in [6, 6.07) is 15.1. The quantitative estimate of drug-likeness (QED) is 0.889. The monoisotopic (exact) mass is 353 g/mol. The summed E-state index contributed by atoms with van der Waals surface area (Å²) >= 11 is 3.34. The largest absolute Gasteiger partial charge is 0.283 e. The van der Waals surface area contributed by atoms with Gasteiger partial charge in [-0.2, -0.15) is 0 Å². The van der Waals surface area contributed by atoms with Gasteiger partial charge in [-0.05, 0) is 36.6 Å².